The molecule has 0 heterocycles. The molecule has 15 heavy (non-hydrogen) atoms. The van der Waals surface area contributed by atoms with E-state index in [1.54, 1.807) is 11.8 Å². The van der Waals surface area contributed by atoms with Crippen LogP contribution in [-0.2, 0) is 5.75 Å². The van der Waals surface area contributed by atoms with Gasteiger partial charge in [-0.25, -0.2) is 0 Å². The minimum Gasteiger partial charge on any atom is -0.394 e. The minimum atomic E-state index is 0.823. The molecule has 0 bridgehead atoms. The van der Waals surface area contributed by atoms with E-state index in [1.807, 2.05) is 13.0 Å². The predicted molar refractivity (Wildman–Crippen MR) is 69.6 cm³/mol. The lowest BCUT2D eigenvalue weighted by Crippen LogP contribution is -1.93. The van der Waals surface area contributed by atoms with Gasteiger partial charge in [0.1, 0.15) is 0 Å². The normalized spacial score (nSPS) is 11.5. The first-order chi connectivity index (χ1) is 7.08. The van der Waals surface area contributed by atoms with Crippen molar-refractivity contribution in [2.24, 2.45) is 5.73 Å². The SMILES string of the molecule is C=C(C)/C=C(/N)SCc1cccc(C)c1. The van der Waals surface area contributed by atoms with Crippen LogP contribution in [0.4, 0.5) is 0 Å². The average Bonchev–Trinajstić information content (AvgIpc) is 2.14. The largest absolute Gasteiger partial charge is 0.394 e. The summed E-state index contributed by atoms with van der Waals surface area (Å²) >= 11 is 1.64. The molecule has 1 rings (SSSR count). The van der Waals surface area contributed by atoms with Gasteiger partial charge in [0.05, 0.1) is 5.03 Å². The molecule has 2 N–H and O–H groups in total. The summed E-state index contributed by atoms with van der Waals surface area (Å²) in [6, 6.07) is 8.47. The molecule has 2 heteroatoms. The lowest BCUT2D eigenvalue weighted by atomic mass is 10.2. The van der Waals surface area contributed by atoms with Gasteiger partial charge in [0.15, 0.2) is 0 Å². The summed E-state index contributed by atoms with van der Waals surface area (Å²) in [4.78, 5) is 0. The fourth-order valence-corrected chi connectivity index (χ4v) is 2.05. The van der Waals surface area contributed by atoms with Crippen molar-refractivity contribution in [3.05, 3.63) is 58.6 Å². The van der Waals surface area contributed by atoms with Crippen LogP contribution in [0.15, 0.2) is 47.5 Å². The molecule has 0 amide bonds. The maximum absolute atomic E-state index is 5.82. The number of nitrogens with two attached hydrogens (primary N) is 1. The maximum atomic E-state index is 5.82. The zero-order valence-corrected chi connectivity index (χ0v) is 10.1. The Bertz CT molecular complexity index is 380. The second-order valence-corrected chi connectivity index (χ2v) is 4.72. The van der Waals surface area contributed by atoms with Crippen LogP contribution in [-0.4, -0.2) is 0 Å². The Morgan fingerprint density at radius 2 is 2.27 bits per heavy atom. The van der Waals surface area contributed by atoms with Gasteiger partial charge in [0, 0.05) is 5.75 Å². The Kier molecular flexibility index (Phi) is 4.50. The molecule has 0 aliphatic carbocycles. The van der Waals surface area contributed by atoms with Gasteiger partial charge in [-0.2, -0.15) is 0 Å². The number of allylic oxidation sites excluding steroid dienone is 2. The Morgan fingerprint density at radius 1 is 1.53 bits per heavy atom. The van der Waals surface area contributed by atoms with Crippen LogP contribution in [0, 0.1) is 6.92 Å². The van der Waals surface area contributed by atoms with Crippen molar-refractivity contribution in [2.75, 3.05) is 0 Å². The van der Waals surface area contributed by atoms with Crippen molar-refractivity contribution in [2.45, 2.75) is 19.6 Å². The topological polar surface area (TPSA) is 26.0 Å². The third kappa shape index (κ3) is 4.75. The van der Waals surface area contributed by atoms with Crippen LogP contribution in [0.2, 0.25) is 0 Å². The summed E-state index contributed by atoms with van der Waals surface area (Å²) in [5.41, 5.74) is 9.41. The molecule has 1 aromatic rings. The van der Waals surface area contributed by atoms with E-state index in [9.17, 15) is 0 Å². The summed E-state index contributed by atoms with van der Waals surface area (Å²) in [5.74, 6) is 0.914. The Morgan fingerprint density at radius 3 is 2.87 bits per heavy atom. The summed E-state index contributed by atoms with van der Waals surface area (Å²) in [6.45, 7) is 7.84. The maximum Gasteiger partial charge on any atom is 0.0660 e. The van der Waals surface area contributed by atoms with Crippen molar-refractivity contribution in [1.29, 1.82) is 0 Å². The van der Waals surface area contributed by atoms with Crippen molar-refractivity contribution >= 4 is 11.8 Å². The zero-order valence-electron chi connectivity index (χ0n) is 9.29. The first-order valence-electron chi connectivity index (χ1n) is 4.89. The lowest BCUT2D eigenvalue weighted by Gasteiger charge is -2.03. The number of aryl methyl sites for hydroxylation is 1. The molecule has 0 fully saturated rings. The predicted octanol–water partition coefficient (Wildman–Crippen LogP) is 3.60. The minimum absolute atomic E-state index is 0.823. The summed E-state index contributed by atoms with van der Waals surface area (Å²) in [6.07, 6.45) is 1.90. The van der Waals surface area contributed by atoms with Gasteiger partial charge in [0.25, 0.3) is 0 Å². The molecule has 0 aliphatic rings. The van der Waals surface area contributed by atoms with Crippen molar-refractivity contribution in [1.82, 2.24) is 0 Å². The number of thioether (sulfide) groups is 1. The molecule has 0 radical (unpaired) electrons. The summed E-state index contributed by atoms with van der Waals surface area (Å²) < 4.78 is 0. The van der Waals surface area contributed by atoms with E-state index in [1.165, 1.54) is 11.1 Å². The second kappa shape index (κ2) is 5.66. The molecule has 0 spiro atoms. The number of rotatable bonds is 4. The first-order valence-corrected chi connectivity index (χ1v) is 5.87. The second-order valence-electron chi connectivity index (χ2n) is 3.67. The molecule has 0 saturated heterocycles. The van der Waals surface area contributed by atoms with Gasteiger partial charge in [0.2, 0.25) is 0 Å². The lowest BCUT2D eigenvalue weighted by molar-refractivity contribution is 1.35. The summed E-state index contributed by atoms with van der Waals surface area (Å²) in [7, 11) is 0. The fraction of sp³-hybridized carbons (Fsp3) is 0.231. The van der Waals surface area contributed by atoms with Gasteiger partial charge in [-0.1, -0.05) is 42.0 Å². The highest BCUT2D eigenvalue weighted by Crippen LogP contribution is 2.18. The molecule has 0 aliphatic heterocycles. The van der Waals surface area contributed by atoms with Gasteiger partial charge < -0.3 is 5.73 Å². The third-order valence-electron chi connectivity index (χ3n) is 1.88. The summed E-state index contributed by atoms with van der Waals surface area (Å²) in [5, 5.41) is 0.823. The van der Waals surface area contributed by atoms with E-state index in [2.05, 4.69) is 37.8 Å². The van der Waals surface area contributed by atoms with E-state index in [4.69, 9.17) is 5.73 Å². The van der Waals surface area contributed by atoms with Crippen LogP contribution in [0.3, 0.4) is 0 Å². The average molecular weight is 219 g/mol. The van der Waals surface area contributed by atoms with Gasteiger partial charge in [-0.3, -0.25) is 0 Å². The third-order valence-corrected chi connectivity index (χ3v) is 2.81. The fourth-order valence-electron chi connectivity index (χ4n) is 1.25. The van der Waals surface area contributed by atoms with E-state index in [0.29, 0.717) is 0 Å². The zero-order chi connectivity index (χ0) is 11.3. The molecule has 0 saturated carbocycles. The Hall–Kier alpha value is -1.15. The molecule has 0 aromatic heterocycles. The van der Waals surface area contributed by atoms with E-state index >= 15 is 0 Å². The monoisotopic (exact) mass is 219 g/mol. The van der Waals surface area contributed by atoms with Gasteiger partial charge in [-0.15, -0.1) is 11.8 Å². The molecule has 1 aromatic carbocycles. The number of benzene rings is 1. The first kappa shape index (κ1) is 11.9. The number of hydrogen-bond acceptors (Lipinski definition) is 2. The molecule has 80 valence electrons. The standard InChI is InChI=1S/C13H17NS/c1-10(2)7-13(14)15-9-12-6-4-5-11(3)8-12/h4-8H,1,9,14H2,2-3H3/b13-7-. The van der Waals surface area contributed by atoms with Crippen molar-refractivity contribution in [3.8, 4) is 0 Å². The Balaban J connectivity index is 2.54. The molecule has 1 nitrogen and oxygen atoms in total. The van der Waals surface area contributed by atoms with Crippen LogP contribution in [0.5, 0.6) is 0 Å². The van der Waals surface area contributed by atoms with Crippen LogP contribution in [0.25, 0.3) is 0 Å². The van der Waals surface area contributed by atoms with Crippen LogP contribution >= 0.6 is 11.8 Å². The molecular weight excluding hydrogens is 202 g/mol. The van der Waals surface area contributed by atoms with Crippen LogP contribution in [0.1, 0.15) is 18.1 Å². The van der Waals surface area contributed by atoms with Crippen molar-refractivity contribution in [3.63, 3.8) is 0 Å². The van der Waals surface area contributed by atoms with Gasteiger partial charge >= 0.3 is 0 Å². The van der Waals surface area contributed by atoms with E-state index in [-0.39, 0.29) is 0 Å². The Labute approximate surface area is 96.1 Å². The smallest absolute Gasteiger partial charge is 0.0660 e. The number of hydrogen-bond donors (Lipinski definition) is 1. The highest BCUT2D eigenvalue weighted by molar-refractivity contribution is 8.02. The highest BCUT2D eigenvalue weighted by Gasteiger charge is 1.96. The van der Waals surface area contributed by atoms with E-state index < -0.39 is 0 Å². The van der Waals surface area contributed by atoms with E-state index in [0.717, 1.165) is 16.4 Å². The molecule has 0 atom stereocenters. The van der Waals surface area contributed by atoms with Crippen LogP contribution < -0.4 is 5.73 Å². The van der Waals surface area contributed by atoms with Gasteiger partial charge in [-0.05, 0) is 25.5 Å². The molecular formula is C13H17NS. The van der Waals surface area contributed by atoms with Crippen molar-refractivity contribution < 1.29 is 0 Å². The quantitative estimate of drug-likeness (QED) is 0.783. The highest BCUT2D eigenvalue weighted by atomic mass is 32.2. The molecule has 0 unspecified atom stereocenters.